The van der Waals surface area contributed by atoms with Gasteiger partial charge in [-0.2, -0.15) is 5.10 Å². The van der Waals surface area contributed by atoms with Gasteiger partial charge in [0.1, 0.15) is 11.3 Å². The van der Waals surface area contributed by atoms with Crippen molar-refractivity contribution in [3.8, 4) is 10.6 Å². The molecule has 0 radical (unpaired) electrons. The molecule has 0 aromatic carbocycles. The van der Waals surface area contributed by atoms with Crippen molar-refractivity contribution in [2.45, 2.75) is 31.7 Å². The Hall–Kier alpha value is -1.14. The molecule has 2 heterocycles. The molecule has 0 unspecified atom stereocenters. The second-order valence-electron chi connectivity index (χ2n) is 4.74. The smallest absolute Gasteiger partial charge is 0.339 e. The highest BCUT2D eigenvalue weighted by Crippen LogP contribution is 2.34. The number of carboxylic acid groups (broad SMARTS) is 1. The highest BCUT2D eigenvalue weighted by Gasteiger charge is 2.23. The first-order valence-corrected chi connectivity index (χ1v) is 7.89. The number of hydrogen-bond acceptors (Lipinski definition) is 3. The Kier molecular flexibility index (Phi) is 3.45. The number of rotatable bonds is 3. The van der Waals surface area contributed by atoms with Gasteiger partial charge in [-0.3, -0.25) is 4.68 Å². The van der Waals surface area contributed by atoms with Gasteiger partial charge in [0.15, 0.2) is 0 Å². The van der Waals surface area contributed by atoms with Gasteiger partial charge in [-0.1, -0.05) is 12.8 Å². The predicted molar refractivity (Wildman–Crippen MR) is 77.7 cm³/mol. The lowest BCUT2D eigenvalue weighted by molar-refractivity contribution is 0.0697. The van der Waals surface area contributed by atoms with E-state index in [9.17, 15) is 9.90 Å². The van der Waals surface area contributed by atoms with Gasteiger partial charge in [0.25, 0.3) is 0 Å². The van der Waals surface area contributed by atoms with Crippen LogP contribution in [0.3, 0.4) is 0 Å². The lowest BCUT2D eigenvalue weighted by Gasteiger charge is -2.08. The van der Waals surface area contributed by atoms with Crippen molar-refractivity contribution < 1.29 is 9.90 Å². The quantitative estimate of drug-likeness (QED) is 0.911. The summed E-state index contributed by atoms with van der Waals surface area (Å²) in [7, 11) is 0. The fraction of sp³-hybridized carbons (Fsp3) is 0.385. The van der Waals surface area contributed by atoms with Crippen molar-refractivity contribution in [2.75, 3.05) is 0 Å². The van der Waals surface area contributed by atoms with E-state index in [-0.39, 0.29) is 0 Å². The molecule has 0 spiro atoms. The first-order valence-electron chi connectivity index (χ1n) is 6.22. The lowest BCUT2D eigenvalue weighted by Crippen LogP contribution is -2.05. The first kappa shape index (κ1) is 12.9. The van der Waals surface area contributed by atoms with Crippen LogP contribution >= 0.6 is 27.3 Å². The maximum atomic E-state index is 11.4. The molecule has 0 saturated heterocycles. The minimum Gasteiger partial charge on any atom is -0.478 e. The molecular weight excluding hydrogens is 328 g/mol. The molecule has 6 heteroatoms. The maximum absolute atomic E-state index is 11.4. The summed E-state index contributed by atoms with van der Waals surface area (Å²) in [6.07, 6.45) is 6.27. The third kappa shape index (κ3) is 2.47. The number of carbonyl (C=O) groups is 1. The molecule has 4 nitrogen and oxygen atoms in total. The van der Waals surface area contributed by atoms with E-state index in [0.29, 0.717) is 17.3 Å². The molecule has 2 aromatic heterocycles. The van der Waals surface area contributed by atoms with Crippen molar-refractivity contribution in [3.63, 3.8) is 0 Å². The zero-order valence-electron chi connectivity index (χ0n) is 10.2. The highest BCUT2D eigenvalue weighted by molar-refractivity contribution is 9.10. The van der Waals surface area contributed by atoms with Crippen molar-refractivity contribution in [1.82, 2.24) is 9.78 Å². The van der Waals surface area contributed by atoms with Crippen LogP contribution in [0.4, 0.5) is 0 Å². The van der Waals surface area contributed by atoms with Crippen LogP contribution in [0.25, 0.3) is 10.6 Å². The van der Waals surface area contributed by atoms with Crippen LogP contribution in [-0.4, -0.2) is 20.9 Å². The summed E-state index contributed by atoms with van der Waals surface area (Å²) in [5, 5.41) is 15.8. The van der Waals surface area contributed by atoms with Crippen molar-refractivity contribution in [3.05, 3.63) is 27.7 Å². The van der Waals surface area contributed by atoms with E-state index in [1.807, 2.05) is 16.1 Å². The number of aromatic nitrogens is 2. The van der Waals surface area contributed by atoms with Crippen LogP contribution < -0.4 is 0 Å². The molecule has 1 N–H and O–H groups in total. The van der Waals surface area contributed by atoms with Crippen LogP contribution in [-0.2, 0) is 0 Å². The number of aromatic carboxylic acids is 1. The van der Waals surface area contributed by atoms with Gasteiger partial charge >= 0.3 is 5.97 Å². The van der Waals surface area contributed by atoms with Gasteiger partial charge < -0.3 is 5.11 Å². The van der Waals surface area contributed by atoms with E-state index in [0.717, 1.165) is 22.2 Å². The van der Waals surface area contributed by atoms with Crippen LogP contribution in [0, 0.1) is 0 Å². The molecule has 0 aliphatic heterocycles. The molecule has 1 saturated carbocycles. The summed E-state index contributed by atoms with van der Waals surface area (Å²) < 4.78 is 2.80. The minimum absolute atomic E-state index is 0.293. The second kappa shape index (κ2) is 5.09. The number of halogens is 1. The largest absolute Gasteiger partial charge is 0.478 e. The summed E-state index contributed by atoms with van der Waals surface area (Å²) in [4.78, 5) is 12.3. The molecule has 1 fully saturated rings. The van der Waals surface area contributed by atoms with Gasteiger partial charge in [0, 0.05) is 16.0 Å². The highest BCUT2D eigenvalue weighted by atomic mass is 79.9. The van der Waals surface area contributed by atoms with E-state index in [1.54, 1.807) is 6.20 Å². The Bertz CT molecular complexity index is 614. The Labute approximate surface area is 123 Å². The van der Waals surface area contributed by atoms with E-state index in [1.165, 1.54) is 24.2 Å². The number of hydrogen-bond donors (Lipinski definition) is 1. The third-order valence-corrected chi connectivity index (χ3v) is 5.16. The normalized spacial score (nSPS) is 16.1. The molecule has 19 heavy (non-hydrogen) atoms. The van der Waals surface area contributed by atoms with Crippen molar-refractivity contribution >= 4 is 33.2 Å². The standard InChI is InChI=1S/C13H13BrN2O2S/c14-8-5-11(19-7-8)12-10(13(17)18)6-16(15-12)9-3-1-2-4-9/h5-7,9H,1-4H2,(H,17,18). The molecule has 1 aliphatic carbocycles. The van der Waals surface area contributed by atoms with Crippen LogP contribution in [0.1, 0.15) is 42.1 Å². The van der Waals surface area contributed by atoms with Crippen molar-refractivity contribution in [1.29, 1.82) is 0 Å². The number of carboxylic acids is 1. The second-order valence-corrected chi connectivity index (χ2v) is 6.57. The zero-order valence-corrected chi connectivity index (χ0v) is 12.6. The van der Waals surface area contributed by atoms with E-state index >= 15 is 0 Å². The van der Waals surface area contributed by atoms with Gasteiger partial charge in [0.05, 0.1) is 10.9 Å². The SMILES string of the molecule is O=C(O)c1cn(C2CCCC2)nc1-c1cc(Br)cs1. The topological polar surface area (TPSA) is 55.1 Å². The summed E-state index contributed by atoms with van der Waals surface area (Å²) in [6.45, 7) is 0. The van der Waals surface area contributed by atoms with Gasteiger partial charge in [-0.05, 0) is 34.8 Å². The number of thiophene rings is 1. The average molecular weight is 341 g/mol. The number of nitrogens with zero attached hydrogens (tertiary/aromatic N) is 2. The first-order chi connectivity index (χ1) is 9.15. The Morgan fingerprint density at radius 3 is 2.79 bits per heavy atom. The molecule has 0 amide bonds. The van der Waals surface area contributed by atoms with Gasteiger partial charge in [-0.15, -0.1) is 11.3 Å². The predicted octanol–water partition coefficient (Wildman–Crippen LogP) is 4.19. The molecule has 100 valence electrons. The van der Waals surface area contributed by atoms with Crippen LogP contribution in [0.5, 0.6) is 0 Å². The molecule has 1 aliphatic rings. The zero-order chi connectivity index (χ0) is 13.4. The summed E-state index contributed by atoms with van der Waals surface area (Å²) in [5.74, 6) is -0.913. The van der Waals surface area contributed by atoms with Crippen LogP contribution in [0.2, 0.25) is 0 Å². The molecule has 0 bridgehead atoms. The summed E-state index contributed by atoms with van der Waals surface area (Å²) in [5.41, 5.74) is 0.872. The maximum Gasteiger partial charge on any atom is 0.339 e. The minimum atomic E-state index is -0.913. The monoisotopic (exact) mass is 340 g/mol. The molecule has 3 rings (SSSR count). The summed E-state index contributed by atoms with van der Waals surface area (Å²) in [6, 6.07) is 2.27. The third-order valence-electron chi connectivity index (χ3n) is 3.46. The average Bonchev–Trinajstić information content (AvgIpc) is 3.07. The Morgan fingerprint density at radius 2 is 2.21 bits per heavy atom. The van der Waals surface area contributed by atoms with Crippen LogP contribution in [0.15, 0.2) is 22.1 Å². The van der Waals surface area contributed by atoms with E-state index in [2.05, 4.69) is 21.0 Å². The fourth-order valence-corrected chi connectivity index (χ4v) is 3.95. The van der Waals surface area contributed by atoms with E-state index < -0.39 is 5.97 Å². The summed E-state index contributed by atoms with van der Waals surface area (Å²) >= 11 is 4.90. The Balaban J connectivity index is 2.04. The molecule has 0 atom stereocenters. The lowest BCUT2D eigenvalue weighted by atomic mass is 10.2. The fourth-order valence-electron chi connectivity index (χ4n) is 2.52. The van der Waals surface area contributed by atoms with E-state index in [4.69, 9.17) is 0 Å². The molecular formula is C13H13BrN2O2S. The molecule has 2 aromatic rings. The Morgan fingerprint density at radius 1 is 1.47 bits per heavy atom. The van der Waals surface area contributed by atoms with Gasteiger partial charge in [0.2, 0.25) is 0 Å². The van der Waals surface area contributed by atoms with Crippen molar-refractivity contribution in [2.24, 2.45) is 0 Å². The van der Waals surface area contributed by atoms with Gasteiger partial charge in [-0.25, -0.2) is 4.79 Å².